The van der Waals surface area contributed by atoms with Crippen LogP contribution in [0.3, 0.4) is 0 Å². The van der Waals surface area contributed by atoms with Crippen molar-refractivity contribution in [2.75, 3.05) is 0 Å². The second-order valence-corrected chi connectivity index (χ2v) is 5.28. The molecule has 0 N–H and O–H groups in total. The largest absolute Gasteiger partial charge is 0.298 e. The van der Waals surface area contributed by atoms with Gasteiger partial charge in [0.15, 0.2) is 5.78 Å². The quantitative estimate of drug-likeness (QED) is 0.799. The van der Waals surface area contributed by atoms with Gasteiger partial charge in [-0.3, -0.25) is 4.79 Å². The number of carbonyl (C=O) groups is 1. The molecule has 106 valence electrons. The molecule has 0 aliphatic rings. The number of benzene rings is 2. The van der Waals surface area contributed by atoms with Crippen molar-refractivity contribution in [2.45, 2.75) is 31.6 Å². The second kappa shape index (κ2) is 6.85. The molecule has 0 amide bonds. The van der Waals surface area contributed by atoms with Crippen LogP contribution in [0.2, 0.25) is 0 Å². The van der Waals surface area contributed by atoms with E-state index >= 15 is 0 Å². The number of Topliss-reactive ketones (excluding diaryl/α,β-unsaturated/α-hetero) is 1. The van der Waals surface area contributed by atoms with Crippen LogP contribution < -0.4 is 0 Å². The molecule has 2 heteroatoms. The van der Waals surface area contributed by atoms with Crippen molar-refractivity contribution < 1.29 is 4.79 Å². The fourth-order valence-electron chi connectivity index (χ4n) is 2.65. The van der Waals surface area contributed by atoms with E-state index in [1.807, 2.05) is 48.5 Å². The number of nitrogens with zero attached hydrogens (tertiary/aromatic N) is 1. The van der Waals surface area contributed by atoms with E-state index in [0.717, 1.165) is 18.4 Å². The second-order valence-electron chi connectivity index (χ2n) is 5.28. The van der Waals surface area contributed by atoms with E-state index in [9.17, 15) is 10.1 Å². The number of ketones is 1. The molecule has 0 heterocycles. The molecule has 1 atom stereocenters. The zero-order valence-electron chi connectivity index (χ0n) is 12.3. The predicted octanol–water partition coefficient (Wildman–Crippen LogP) is 4.06. The van der Waals surface area contributed by atoms with Crippen LogP contribution in [0.5, 0.6) is 0 Å². The van der Waals surface area contributed by atoms with Crippen molar-refractivity contribution in [2.24, 2.45) is 0 Å². The summed E-state index contributed by atoms with van der Waals surface area (Å²) in [5, 5.41) is 9.63. The monoisotopic (exact) mass is 277 g/mol. The first kappa shape index (κ1) is 15.0. The van der Waals surface area contributed by atoms with Gasteiger partial charge < -0.3 is 0 Å². The third-order valence-electron chi connectivity index (χ3n) is 3.92. The molecule has 0 saturated heterocycles. The van der Waals surface area contributed by atoms with Gasteiger partial charge in [0.25, 0.3) is 0 Å². The maximum Gasteiger partial charge on any atom is 0.154 e. The summed E-state index contributed by atoms with van der Waals surface area (Å²) in [5.74, 6) is -0.0794. The fourth-order valence-corrected chi connectivity index (χ4v) is 2.65. The van der Waals surface area contributed by atoms with Crippen LogP contribution in [0.25, 0.3) is 0 Å². The average molecular weight is 277 g/mol. The molecule has 0 saturated carbocycles. The zero-order valence-corrected chi connectivity index (χ0v) is 12.3. The SMILES string of the molecule is CC(=O)C(C#N)(CCCc1ccccc1)c1ccccc1. The molecule has 0 radical (unpaired) electrons. The maximum atomic E-state index is 12.1. The fraction of sp³-hybridized carbons (Fsp3) is 0.263. The minimum Gasteiger partial charge on any atom is -0.298 e. The lowest BCUT2D eigenvalue weighted by molar-refractivity contribution is -0.120. The minimum absolute atomic E-state index is 0.0794. The Morgan fingerprint density at radius 1 is 1.05 bits per heavy atom. The Balaban J connectivity index is 2.15. The number of aryl methyl sites for hydroxylation is 1. The van der Waals surface area contributed by atoms with Gasteiger partial charge in [0.2, 0.25) is 0 Å². The normalized spacial score (nSPS) is 13.1. The van der Waals surface area contributed by atoms with Gasteiger partial charge in [0.05, 0.1) is 6.07 Å². The Morgan fingerprint density at radius 3 is 2.14 bits per heavy atom. The van der Waals surface area contributed by atoms with Crippen molar-refractivity contribution in [3.63, 3.8) is 0 Å². The summed E-state index contributed by atoms with van der Waals surface area (Å²) in [7, 11) is 0. The van der Waals surface area contributed by atoms with Crippen LogP contribution in [0.4, 0.5) is 0 Å². The maximum absolute atomic E-state index is 12.1. The molecular weight excluding hydrogens is 258 g/mol. The van der Waals surface area contributed by atoms with E-state index in [0.29, 0.717) is 6.42 Å². The topological polar surface area (TPSA) is 40.9 Å². The zero-order chi connectivity index (χ0) is 15.1. The third kappa shape index (κ3) is 3.38. The molecular formula is C19H19NO. The van der Waals surface area contributed by atoms with Crippen LogP contribution in [-0.2, 0) is 16.6 Å². The summed E-state index contributed by atoms with van der Waals surface area (Å²) in [5.41, 5.74) is 1.02. The molecule has 2 aromatic carbocycles. The number of hydrogen-bond donors (Lipinski definition) is 0. The molecule has 0 fully saturated rings. The first-order valence-corrected chi connectivity index (χ1v) is 7.21. The number of hydrogen-bond acceptors (Lipinski definition) is 2. The molecule has 2 aromatic rings. The summed E-state index contributed by atoms with van der Waals surface area (Å²) in [6.07, 6.45) is 2.24. The lowest BCUT2D eigenvalue weighted by Gasteiger charge is -2.24. The Labute approximate surface area is 126 Å². The lowest BCUT2D eigenvalue weighted by atomic mass is 9.74. The van der Waals surface area contributed by atoms with Crippen molar-refractivity contribution in [3.05, 3.63) is 71.8 Å². The van der Waals surface area contributed by atoms with Gasteiger partial charge >= 0.3 is 0 Å². The highest BCUT2D eigenvalue weighted by molar-refractivity contribution is 5.91. The smallest absolute Gasteiger partial charge is 0.154 e. The molecule has 0 aromatic heterocycles. The molecule has 0 aliphatic carbocycles. The first-order valence-electron chi connectivity index (χ1n) is 7.21. The number of nitriles is 1. The molecule has 2 rings (SSSR count). The van der Waals surface area contributed by atoms with Crippen LogP contribution in [0, 0.1) is 11.3 Å². The van der Waals surface area contributed by atoms with Gasteiger partial charge in [0, 0.05) is 0 Å². The van der Waals surface area contributed by atoms with E-state index in [2.05, 4.69) is 18.2 Å². The van der Waals surface area contributed by atoms with E-state index in [4.69, 9.17) is 0 Å². The first-order chi connectivity index (χ1) is 10.2. The highest BCUT2D eigenvalue weighted by Crippen LogP contribution is 2.30. The average Bonchev–Trinajstić information content (AvgIpc) is 2.53. The number of rotatable bonds is 6. The Hall–Kier alpha value is -2.40. The van der Waals surface area contributed by atoms with Gasteiger partial charge in [0.1, 0.15) is 5.41 Å². The van der Waals surface area contributed by atoms with Gasteiger partial charge in [-0.2, -0.15) is 5.26 Å². The highest BCUT2D eigenvalue weighted by atomic mass is 16.1. The standard InChI is InChI=1S/C19H19NO/c1-16(21)19(15-20,18-12-6-3-7-13-18)14-8-11-17-9-4-2-5-10-17/h2-7,9-10,12-13H,8,11,14H2,1H3. The van der Waals surface area contributed by atoms with E-state index in [-0.39, 0.29) is 5.78 Å². The van der Waals surface area contributed by atoms with Crippen molar-refractivity contribution >= 4 is 5.78 Å². The molecule has 0 spiro atoms. The Bertz CT molecular complexity index is 628. The van der Waals surface area contributed by atoms with Crippen molar-refractivity contribution in [1.82, 2.24) is 0 Å². The molecule has 0 aliphatic heterocycles. The van der Waals surface area contributed by atoms with Gasteiger partial charge in [-0.15, -0.1) is 0 Å². The lowest BCUT2D eigenvalue weighted by Crippen LogP contribution is -2.32. The molecule has 2 nitrogen and oxygen atoms in total. The predicted molar refractivity (Wildman–Crippen MR) is 83.8 cm³/mol. The number of carbonyl (C=O) groups excluding carboxylic acids is 1. The summed E-state index contributed by atoms with van der Waals surface area (Å²) in [6, 6.07) is 21.8. The highest BCUT2D eigenvalue weighted by Gasteiger charge is 2.36. The summed E-state index contributed by atoms with van der Waals surface area (Å²) in [4.78, 5) is 12.1. The Morgan fingerprint density at radius 2 is 1.62 bits per heavy atom. The van der Waals surface area contributed by atoms with Gasteiger partial charge in [-0.05, 0) is 37.3 Å². The summed E-state index contributed by atoms with van der Waals surface area (Å²) >= 11 is 0. The van der Waals surface area contributed by atoms with Crippen LogP contribution in [-0.4, -0.2) is 5.78 Å². The van der Waals surface area contributed by atoms with Crippen molar-refractivity contribution in [3.8, 4) is 6.07 Å². The molecule has 1 unspecified atom stereocenters. The van der Waals surface area contributed by atoms with Crippen LogP contribution in [0.15, 0.2) is 60.7 Å². The van der Waals surface area contributed by atoms with E-state index in [1.165, 1.54) is 12.5 Å². The minimum atomic E-state index is -1.02. The van der Waals surface area contributed by atoms with Gasteiger partial charge in [-0.25, -0.2) is 0 Å². The van der Waals surface area contributed by atoms with Crippen LogP contribution >= 0.6 is 0 Å². The third-order valence-corrected chi connectivity index (χ3v) is 3.92. The summed E-state index contributed by atoms with van der Waals surface area (Å²) < 4.78 is 0. The van der Waals surface area contributed by atoms with E-state index < -0.39 is 5.41 Å². The molecule has 0 bridgehead atoms. The van der Waals surface area contributed by atoms with Gasteiger partial charge in [-0.1, -0.05) is 60.7 Å². The van der Waals surface area contributed by atoms with E-state index in [1.54, 1.807) is 0 Å². The summed E-state index contributed by atoms with van der Waals surface area (Å²) in [6.45, 7) is 1.51. The van der Waals surface area contributed by atoms with Crippen molar-refractivity contribution in [1.29, 1.82) is 5.26 Å². The van der Waals surface area contributed by atoms with Crippen LogP contribution in [0.1, 0.15) is 30.9 Å². The molecule has 21 heavy (non-hydrogen) atoms. The Kier molecular flexibility index (Phi) is 4.90.